The van der Waals surface area contributed by atoms with Gasteiger partial charge in [-0.3, -0.25) is 5.10 Å². The molecule has 0 fully saturated rings. The lowest BCUT2D eigenvalue weighted by molar-refractivity contribution is 0.397. The van der Waals surface area contributed by atoms with Crippen molar-refractivity contribution >= 4 is 5.95 Å². The van der Waals surface area contributed by atoms with E-state index in [1.54, 1.807) is 26.5 Å². The fraction of sp³-hybridized carbons (Fsp3) is 0.200. The maximum Gasteiger partial charge on any atom is 0.226 e. The SMILES string of the molecule is COc1ccc(-c2n[nH]c(CNc3nccc(OC)n3)n2)cc1. The van der Waals surface area contributed by atoms with Gasteiger partial charge in [0.15, 0.2) is 5.82 Å². The number of nitrogens with one attached hydrogen (secondary N) is 2. The van der Waals surface area contributed by atoms with E-state index in [4.69, 9.17) is 9.47 Å². The summed E-state index contributed by atoms with van der Waals surface area (Å²) in [4.78, 5) is 12.7. The van der Waals surface area contributed by atoms with Crippen LogP contribution in [0.15, 0.2) is 36.5 Å². The highest BCUT2D eigenvalue weighted by Gasteiger charge is 2.07. The highest BCUT2D eigenvalue weighted by Crippen LogP contribution is 2.19. The van der Waals surface area contributed by atoms with Crippen LogP contribution in [0.25, 0.3) is 11.4 Å². The molecule has 0 saturated carbocycles. The summed E-state index contributed by atoms with van der Waals surface area (Å²) in [6.45, 7) is 0.427. The first-order chi connectivity index (χ1) is 11.3. The largest absolute Gasteiger partial charge is 0.497 e. The number of rotatable bonds is 6. The molecule has 8 heteroatoms. The number of aromatic nitrogens is 5. The minimum absolute atomic E-state index is 0.427. The number of anilines is 1. The molecule has 2 heterocycles. The van der Waals surface area contributed by atoms with Crippen molar-refractivity contribution in [1.29, 1.82) is 0 Å². The molecule has 0 amide bonds. The van der Waals surface area contributed by atoms with E-state index in [-0.39, 0.29) is 0 Å². The first-order valence-electron chi connectivity index (χ1n) is 6.95. The van der Waals surface area contributed by atoms with Crippen LogP contribution >= 0.6 is 0 Å². The third kappa shape index (κ3) is 3.54. The number of aromatic amines is 1. The summed E-state index contributed by atoms with van der Waals surface area (Å²) < 4.78 is 10.2. The number of hydrogen-bond donors (Lipinski definition) is 2. The van der Waals surface area contributed by atoms with E-state index in [1.165, 1.54) is 0 Å². The number of ether oxygens (including phenoxy) is 2. The van der Waals surface area contributed by atoms with Gasteiger partial charge in [0.25, 0.3) is 0 Å². The van der Waals surface area contributed by atoms with Crippen LogP contribution in [0.1, 0.15) is 5.82 Å². The molecule has 0 aliphatic carbocycles. The zero-order chi connectivity index (χ0) is 16.1. The van der Waals surface area contributed by atoms with Crippen LogP contribution in [0, 0.1) is 0 Å². The van der Waals surface area contributed by atoms with E-state index >= 15 is 0 Å². The second-order valence-corrected chi connectivity index (χ2v) is 4.61. The van der Waals surface area contributed by atoms with Crippen molar-refractivity contribution in [2.75, 3.05) is 19.5 Å². The Bertz CT molecular complexity index is 772. The summed E-state index contributed by atoms with van der Waals surface area (Å²) in [5.74, 6) is 3.06. The molecule has 3 aromatic rings. The van der Waals surface area contributed by atoms with Gasteiger partial charge in [0, 0.05) is 17.8 Å². The van der Waals surface area contributed by atoms with Crippen LogP contribution in [-0.4, -0.2) is 39.4 Å². The molecule has 23 heavy (non-hydrogen) atoms. The van der Waals surface area contributed by atoms with Crippen LogP contribution in [0.5, 0.6) is 11.6 Å². The molecule has 8 nitrogen and oxygen atoms in total. The first kappa shape index (κ1) is 14.8. The zero-order valence-corrected chi connectivity index (χ0v) is 12.8. The van der Waals surface area contributed by atoms with E-state index in [9.17, 15) is 0 Å². The van der Waals surface area contributed by atoms with Crippen LogP contribution in [0.2, 0.25) is 0 Å². The van der Waals surface area contributed by atoms with E-state index < -0.39 is 0 Å². The summed E-state index contributed by atoms with van der Waals surface area (Å²) in [5.41, 5.74) is 0.908. The summed E-state index contributed by atoms with van der Waals surface area (Å²) in [6, 6.07) is 9.23. The Balaban J connectivity index is 1.66. The Hall–Kier alpha value is -3.16. The standard InChI is InChI=1S/C15H16N6O2/c1-22-11-5-3-10(4-6-11)14-18-12(20-21-14)9-17-15-16-8-7-13(19-15)23-2/h3-8H,9H2,1-2H3,(H,16,17,19)(H,18,20,21). The van der Waals surface area contributed by atoms with Crippen LogP contribution in [0.3, 0.4) is 0 Å². The van der Waals surface area contributed by atoms with Gasteiger partial charge in [0.05, 0.1) is 20.8 Å². The summed E-state index contributed by atoms with van der Waals surface area (Å²) in [7, 11) is 3.19. The lowest BCUT2D eigenvalue weighted by Crippen LogP contribution is -2.05. The first-order valence-corrected chi connectivity index (χ1v) is 6.95. The second kappa shape index (κ2) is 6.73. The molecule has 3 rings (SSSR count). The lowest BCUT2D eigenvalue weighted by atomic mass is 10.2. The van der Waals surface area contributed by atoms with E-state index in [0.29, 0.717) is 30.0 Å². The number of H-pyrrole nitrogens is 1. The van der Waals surface area contributed by atoms with Crippen molar-refractivity contribution in [2.45, 2.75) is 6.54 Å². The second-order valence-electron chi connectivity index (χ2n) is 4.61. The summed E-state index contributed by atoms with van der Waals surface area (Å²) in [5, 5.41) is 10.2. The third-order valence-corrected chi connectivity index (χ3v) is 3.13. The van der Waals surface area contributed by atoms with Crippen molar-refractivity contribution in [3.8, 4) is 23.0 Å². The van der Waals surface area contributed by atoms with Gasteiger partial charge in [0.1, 0.15) is 11.6 Å². The van der Waals surface area contributed by atoms with Gasteiger partial charge in [-0.05, 0) is 24.3 Å². The van der Waals surface area contributed by atoms with E-state index in [1.807, 2.05) is 24.3 Å². The molecule has 0 aliphatic rings. The Kier molecular flexibility index (Phi) is 4.32. The predicted molar refractivity (Wildman–Crippen MR) is 84.3 cm³/mol. The van der Waals surface area contributed by atoms with Crippen molar-refractivity contribution in [2.24, 2.45) is 0 Å². The Labute approximate surface area is 132 Å². The van der Waals surface area contributed by atoms with Crippen LogP contribution in [0.4, 0.5) is 5.95 Å². The van der Waals surface area contributed by atoms with Gasteiger partial charge in [-0.1, -0.05) is 0 Å². The minimum atomic E-state index is 0.427. The Morgan fingerprint density at radius 1 is 1.04 bits per heavy atom. The fourth-order valence-corrected chi connectivity index (χ4v) is 1.95. The summed E-state index contributed by atoms with van der Waals surface area (Å²) in [6.07, 6.45) is 1.62. The maximum atomic E-state index is 5.13. The molecular formula is C15H16N6O2. The fourth-order valence-electron chi connectivity index (χ4n) is 1.95. The average Bonchev–Trinajstić information content (AvgIpc) is 3.09. The van der Waals surface area contributed by atoms with Gasteiger partial charge in [0.2, 0.25) is 11.8 Å². The molecule has 0 radical (unpaired) electrons. The van der Waals surface area contributed by atoms with Crippen LogP contribution in [-0.2, 0) is 6.54 Å². The van der Waals surface area contributed by atoms with E-state index in [2.05, 4.69) is 30.5 Å². The molecule has 0 atom stereocenters. The highest BCUT2D eigenvalue weighted by molar-refractivity contribution is 5.55. The predicted octanol–water partition coefficient (Wildman–Crippen LogP) is 1.89. The van der Waals surface area contributed by atoms with Crippen molar-refractivity contribution in [3.05, 3.63) is 42.4 Å². The molecule has 0 aliphatic heterocycles. The van der Waals surface area contributed by atoms with Crippen LogP contribution < -0.4 is 14.8 Å². The topological polar surface area (TPSA) is 97.8 Å². The van der Waals surface area contributed by atoms with Crippen molar-refractivity contribution in [1.82, 2.24) is 25.1 Å². The summed E-state index contributed by atoms with van der Waals surface area (Å²) >= 11 is 0. The third-order valence-electron chi connectivity index (χ3n) is 3.13. The highest BCUT2D eigenvalue weighted by atomic mass is 16.5. The van der Waals surface area contributed by atoms with Gasteiger partial charge >= 0.3 is 0 Å². The smallest absolute Gasteiger partial charge is 0.226 e. The Morgan fingerprint density at radius 2 is 1.87 bits per heavy atom. The molecule has 1 aromatic carbocycles. The number of nitrogens with zero attached hydrogens (tertiary/aromatic N) is 4. The quantitative estimate of drug-likeness (QED) is 0.717. The maximum absolute atomic E-state index is 5.13. The van der Waals surface area contributed by atoms with E-state index in [0.717, 1.165) is 11.3 Å². The lowest BCUT2D eigenvalue weighted by Gasteiger charge is -2.03. The van der Waals surface area contributed by atoms with Gasteiger partial charge < -0.3 is 14.8 Å². The Morgan fingerprint density at radius 3 is 2.61 bits per heavy atom. The molecular weight excluding hydrogens is 296 g/mol. The van der Waals surface area contributed by atoms with Crippen molar-refractivity contribution < 1.29 is 9.47 Å². The van der Waals surface area contributed by atoms with Gasteiger partial charge in [-0.15, -0.1) is 0 Å². The minimum Gasteiger partial charge on any atom is -0.497 e. The zero-order valence-electron chi connectivity index (χ0n) is 12.8. The molecule has 0 saturated heterocycles. The molecule has 2 aromatic heterocycles. The number of methoxy groups -OCH3 is 2. The molecule has 0 spiro atoms. The molecule has 0 unspecified atom stereocenters. The monoisotopic (exact) mass is 312 g/mol. The molecule has 2 N–H and O–H groups in total. The molecule has 118 valence electrons. The normalized spacial score (nSPS) is 10.3. The average molecular weight is 312 g/mol. The van der Waals surface area contributed by atoms with Gasteiger partial charge in [-0.2, -0.15) is 10.1 Å². The molecule has 0 bridgehead atoms. The van der Waals surface area contributed by atoms with Gasteiger partial charge in [-0.25, -0.2) is 9.97 Å². The van der Waals surface area contributed by atoms with Crippen molar-refractivity contribution in [3.63, 3.8) is 0 Å². The number of benzene rings is 1. The number of hydrogen-bond acceptors (Lipinski definition) is 7.